The van der Waals surface area contributed by atoms with Crippen LogP contribution in [-0.2, 0) is 20.9 Å². The van der Waals surface area contributed by atoms with E-state index in [4.69, 9.17) is 4.74 Å². The average molecular weight is 471 g/mol. The van der Waals surface area contributed by atoms with Gasteiger partial charge in [0.05, 0.1) is 31.3 Å². The maximum atomic E-state index is 12.9. The molecular weight excluding hydrogens is 432 g/mol. The Kier molecular flexibility index (Phi) is 8.24. The van der Waals surface area contributed by atoms with Crippen LogP contribution < -0.4 is 5.32 Å². The topological polar surface area (TPSA) is 93.8 Å². The van der Waals surface area contributed by atoms with Crippen molar-refractivity contribution in [3.8, 4) is 6.07 Å². The van der Waals surface area contributed by atoms with Gasteiger partial charge >= 0.3 is 0 Å². The molecule has 34 heavy (non-hydrogen) atoms. The molecule has 186 valence electrons. The lowest BCUT2D eigenvalue weighted by molar-refractivity contribution is -0.134. The van der Waals surface area contributed by atoms with Crippen molar-refractivity contribution in [2.24, 2.45) is 0 Å². The van der Waals surface area contributed by atoms with Crippen LogP contribution in [0.15, 0.2) is 0 Å². The number of nitrogens with one attached hydrogen (secondary N) is 1. The number of anilines is 1. The molecule has 1 atom stereocenters. The molecule has 0 spiro atoms. The number of carbonyl (C=O) groups excluding carboxylic acids is 2. The van der Waals surface area contributed by atoms with Crippen molar-refractivity contribution in [1.29, 1.82) is 5.26 Å². The standard InChI is InChI=1S/C25H38N6O3/c1-19-20(2)31(16-21-7-6-14-34-21)25(22(19)15-26)27-23(32)17-28-10-12-29(13-11-28)18-24(33)30-8-4-3-5-9-30/h21H,3-14,16-18H2,1-2H3,(H,27,32)/t21-/m0/s1. The largest absolute Gasteiger partial charge is 0.376 e. The van der Waals surface area contributed by atoms with E-state index in [0.29, 0.717) is 24.5 Å². The van der Waals surface area contributed by atoms with Gasteiger partial charge in [-0.1, -0.05) is 0 Å². The fraction of sp³-hybridized carbons (Fsp3) is 0.720. The number of hydrogen-bond acceptors (Lipinski definition) is 6. The maximum absolute atomic E-state index is 12.9. The van der Waals surface area contributed by atoms with Gasteiger partial charge in [0, 0.05) is 51.6 Å². The van der Waals surface area contributed by atoms with Gasteiger partial charge in [-0.05, 0) is 51.5 Å². The molecule has 3 fully saturated rings. The summed E-state index contributed by atoms with van der Waals surface area (Å²) < 4.78 is 7.83. The number of ether oxygens (including phenoxy) is 1. The summed E-state index contributed by atoms with van der Waals surface area (Å²) >= 11 is 0. The van der Waals surface area contributed by atoms with E-state index < -0.39 is 0 Å². The third kappa shape index (κ3) is 5.80. The Morgan fingerprint density at radius 3 is 2.29 bits per heavy atom. The molecule has 3 aliphatic rings. The van der Waals surface area contributed by atoms with Gasteiger partial charge in [0.25, 0.3) is 0 Å². The van der Waals surface area contributed by atoms with Gasteiger partial charge in [0.1, 0.15) is 11.9 Å². The highest BCUT2D eigenvalue weighted by Crippen LogP contribution is 2.28. The van der Waals surface area contributed by atoms with Crippen LogP contribution in [0.5, 0.6) is 0 Å². The van der Waals surface area contributed by atoms with Gasteiger partial charge in [-0.15, -0.1) is 0 Å². The molecule has 0 radical (unpaired) electrons. The first-order chi connectivity index (χ1) is 16.5. The van der Waals surface area contributed by atoms with Gasteiger partial charge in [-0.3, -0.25) is 19.4 Å². The van der Waals surface area contributed by atoms with Crippen LogP contribution in [0, 0.1) is 25.2 Å². The number of likely N-dealkylation sites (tertiary alicyclic amines) is 1. The van der Waals surface area contributed by atoms with E-state index in [-0.39, 0.29) is 24.5 Å². The zero-order valence-corrected chi connectivity index (χ0v) is 20.6. The number of amides is 2. The van der Waals surface area contributed by atoms with E-state index in [2.05, 4.69) is 21.2 Å². The van der Waals surface area contributed by atoms with Crippen molar-refractivity contribution < 1.29 is 14.3 Å². The summed E-state index contributed by atoms with van der Waals surface area (Å²) in [5, 5.41) is 12.8. The van der Waals surface area contributed by atoms with Crippen molar-refractivity contribution in [2.75, 3.05) is 64.3 Å². The molecule has 3 aliphatic heterocycles. The van der Waals surface area contributed by atoms with Crippen LogP contribution in [-0.4, -0.2) is 96.2 Å². The fourth-order valence-corrected chi connectivity index (χ4v) is 5.27. The molecule has 4 rings (SSSR count). The van der Waals surface area contributed by atoms with Gasteiger partial charge in [0.2, 0.25) is 11.8 Å². The summed E-state index contributed by atoms with van der Waals surface area (Å²) in [6, 6.07) is 2.28. The molecule has 1 aromatic heterocycles. The van der Waals surface area contributed by atoms with Crippen LogP contribution in [0.2, 0.25) is 0 Å². The zero-order chi connectivity index (χ0) is 24.1. The van der Waals surface area contributed by atoms with E-state index in [1.54, 1.807) is 0 Å². The second-order valence-corrected chi connectivity index (χ2v) is 9.83. The Morgan fingerprint density at radius 2 is 1.68 bits per heavy atom. The molecule has 1 aromatic rings. The van der Waals surface area contributed by atoms with Gasteiger partial charge in [-0.2, -0.15) is 5.26 Å². The number of nitrogens with zero attached hydrogens (tertiary/aromatic N) is 5. The quantitative estimate of drug-likeness (QED) is 0.652. The smallest absolute Gasteiger partial charge is 0.239 e. The lowest BCUT2D eigenvalue weighted by atomic mass is 10.1. The van der Waals surface area contributed by atoms with Crippen molar-refractivity contribution in [3.05, 3.63) is 16.8 Å². The number of piperazine rings is 1. The first kappa shape index (κ1) is 24.7. The monoisotopic (exact) mass is 470 g/mol. The van der Waals surface area contributed by atoms with E-state index in [1.165, 1.54) is 6.42 Å². The van der Waals surface area contributed by atoms with E-state index >= 15 is 0 Å². The normalized spacial score (nSPS) is 22.0. The second kappa shape index (κ2) is 11.3. The summed E-state index contributed by atoms with van der Waals surface area (Å²) in [7, 11) is 0. The van der Waals surface area contributed by atoms with Crippen LogP contribution >= 0.6 is 0 Å². The number of hydrogen-bond donors (Lipinski definition) is 1. The third-order valence-electron chi connectivity index (χ3n) is 7.51. The highest BCUT2D eigenvalue weighted by molar-refractivity contribution is 5.93. The summed E-state index contributed by atoms with van der Waals surface area (Å²) in [6.45, 7) is 10.9. The molecule has 0 aliphatic carbocycles. The molecule has 2 amide bonds. The third-order valence-corrected chi connectivity index (χ3v) is 7.51. The first-order valence-corrected chi connectivity index (χ1v) is 12.7. The van der Waals surface area contributed by atoms with Crippen molar-refractivity contribution in [1.82, 2.24) is 19.3 Å². The molecule has 0 saturated carbocycles. The summed E-state index contributed by atoms with van der Waals surface area (Å²) in [6.07, 6.45) is 5.60. The van der Waals surface area contributed by atoms with Crippen LogP contribution in [0.4, 0.5) is 5.82 Å². The second-order valence-electron chi connectivity index (χ2n) is 9.83. The SMILES string of the molecule is Cc1c(C#N)c(NC(=O)CN2CCN(CC(=O)N3CCCCC3)CC2)n(C[C@@H]2CCCO2)c1C. The number of carbonyl (C=O) groups is 2. The predicted molar refractivity (Wildman–Crippen MR) is 130 cm³/mol. The van der Waals surface area contributed by atoms with Crippen molar-refractivity contribution in [3.63, 3.8) is 0 Å². The van der Waals surface area contributed by atoms with Gasteiger partial charge in [-0.25, -0.2) is 0 Å². The molecule has 1 N–H and O–H groups in total. The van der Waals surface area contributed by atoms with Gasteiger partial charge in [0.15, 0.2) is 0 Å². The van der Waals surface area contributed by atoms with Crippen LogP contribution in [0.3, 0.4) is 0 Å². The van der Waals surface area contributed by atoms with E-state index in [1.807, 2.05) is 23.3 Å². The molecule has 9 nitrogen and oxygen atoms in total. The Balaban J connectivity index is 1.30. The minimum atomic E-state index is -0.111. The Labute approximate surface area is 202 Å². The highest BCUT2D eigenvalue weighted by Gasteiger charge is 2.26. The minimum absolute atomic E-state index is 0.111. The highest BCUT2D eigenvalue weighted by atomic mass is 16.5. The molecule has 4 heterocycles. The van der Waals surface area contributed by atoms with Crippen molar-refractivity contribution >= 4 is 17.6 Å². The fourth-order valence-electron chi connectivity index (χ4n) is 5.27. The van der Waals surface area contributed by atoms with E-state index in [9.17, 15) is 14.9 Å². The number of aromatic nitrogens is 1. The zero-order valence-electron chi connectivity index (χ0n) is 20.6. The molecular formula is C25H38N6O3. The van der Waals surface area contributed by atoms with E-state index in [0.717, 1.165) is 82.8 Å². The molecule has 0 unspecified atom stereocenters. The average Bonchev–Trinajstić information content (AvgIpc) is 3.43. The molecule has 0 bridgehead atoms. The maximum Gasteiger partial charge on any atom is 0.239 e. The molecule has 0 aromatic carbocycles. The number of piperidine rings is 1. The lowest BCUT2D eigenvalue weighted by Gasteiger charge is -2.35. The van der Waals surface area contributed by atoms with Crippen LogP contribution in [0.25, 0.3) is 0 Å². The van der Waals surface area contributed by atoms with Crippen molar-refractivity contribution in [2.45, 2.75) is 58.6 Å². The van der Waals surface area contributed by atoms with Crippen LogP contribution in [0.1, 0.15) is 48.9 Å². The Morgan fingerprint density at radius 1 is 1.00 bits per heavy atom. The minimum Gasteiger partial charge on any atom is -0.376 e. The number of nitriles is 1. The first-order valence-electron chi connectivity index (χ1n) is 12.7. The Bertz CT molecular complexity index is 916. The molecule has 3 saturated heterocycles. The van der Waals surface area contributed by atoms with Gasteiger partial charge < -0.3 is 19.5 Å². The lowest BCUT2D eigenvalue weighted by Crippen LogP contribution is -2.51. The molecule has 9 heteroatoms. The summed E-state index contributed by atoms with van der Waals surface area (Å²) in [5.41, 5.74) is 2.43. The predicted octanol–water partition coefficient (Wildman–Crippen LogP) is 1.72. The summed E-state index contributed by atoms with van der Waals surface area (Å²) in [4.78, 5) is 31.8. The Hall–Kier alpha value is -2.41. The summed E-state index contributed by atoms with van der Waals surface area (Å²) in [5.74, 6) is 0.705. The number of rotatable bonds is 7.